The predicted molar refractivity (Wildman–Crippen MR) is 96.2 cm³/mol. The van der Waals surface area contributed by atoms with E-state index in [1.807, 2.05) is 19.0 Å². The number of methoxy groups -OCH3 is 1. The van der Waals surface area contributed by atoms with Gasteiger partial charge in [0.15, 0.2) is 0 Å². The Bertz CT molecular complexity index is 686. The summed E-state index contributed by atoms with van der Waals surface area (Å²) < 4.78 is 29.8. The lowest BCUT2D eigenvalue weighted by Crippen LogP contribution is -2.36. The molecule has 140 valence electrons. The number of carbonyl (C=O) groups excluding carboxylic acids is 2. The quantitative estimate of drug-likeness (QED) is 0.628. The van der Waals surface area contributed by atoms with Gasteiger partial charge >= 0.3 is 5.97 Å². The van der Waals surface area contributed by atoms with Crippen LogP contribution in [0.1, 0.15) is 16.8 Å². The van der Waals surface area contributed by atoms with Gasteiger partial charge < -0.3 is 15.0 Å². The largest absolute Gasteiger partial charge is 0.465 e. The third-order valence-corrected chi connectivity index (χ3v) is 4.59. The zero-order chi connectivity index (χ0) is 19.0. The van der Waals surface area contributed by atoms with Crippen LogP contribution in [0.5, 0.6) is 0 Å². The molecule has 0 aliphatic carbocycles. The highest BCUT2D eigenvalue weighted by molar-refractivity contribution is 7.92. The van der Waals surface area contributed by atoms with Crippen LogP contribution in [0.2, 0.25) is 0 Å². The summed E-state index contributed by atoms with van der Waals surface area (Å²) in [5.74, 6) is -0.723. The molecule has 0 unspecified atom stereocenters. The Hall–Kier alpha value is -2.13. The average molecular weight is 371 g/mol. The number of esters is 1. The number of anilines is 1. The van der Waals surface area contributed by atoms with Gasteiger partial charge in [-0.2, -0.15) is 0 Å². The molecular formula is C16H25N3O5S. The number of hydrogen-bond acceptors (Lipinski definition) is 6. The van der Waals surface area contributed by atoms with E-state index in [0.29, 0.717) is 24.3 Å². The van der Waals surface area contributed by atoms with Crippen molar-refractivity contribution in [2.45, 2.75) is 6.42 Å². The molecule has 0 aliphatic heterocycles. The van der Waals surface area contributed by atoms with Crippen LogP contribution < -0.4 is 9.62 Å². The van der Waals surface area contributed by atoms with Crippen LogP contribution in [0.3, 0.4) is 0 Å². The van der Waals surface area contributed by atoms with Crippen molar-refractivity contribution >= 4 is 27.6 Å². The first-order chi connectivity index (χ1) is 11.6. The fraction of sp³-hybridized carbons (Fsp3) is 0.500. The summed E-state index contributed by atoms with van der Waals surface area (Å²) in [6, 6.07) is 5.99. The van der Waals surface area contributed by atoms with E-state index in [4.69, 9.17) is 0 Å². The number of sulfonamides is 1. The van der Waals surface area contributed by atoms with Crippen molar-refractivity contribution in [2.75, 3.05) is 51.4 Å². The number of nitrogens with zero attached hydrogens (tertiary/aromatic N) is 2. The van der Waals surface area contributed by atoms with Crippen molar-refractivity contribution < 1.29 is 22.7 Å². The Morgan fingerprint density at radius 3 is 2.20 bits per heavy atom. The third kappa shape index (κ3) is 7.10. The summed E-state index contributed by atoms with van der Waals surface area (Å²) in [5, 5.41) is 2.74. The molecule has 0 aromatic heterocycles. The van der Waals surface area contributed by atoms with Crippen LogP contribution in [-0.2, 0) is 19.6 Å². The van der Waals surface area contributed by atoms with Gasteiger partial charge in [0.2, 0.25) is 15.9 Å². The molecule has 1 N–H and O–H groups in total. The summed E-state index contributed by atoms with van der Waals surface area (Å²) in [6.07, 6.45) is 1.12. The Morgan fingerprint density at radius 2 is 1.72 bits per heavy atom. The molecule has 0 spiro atoms. The molecule has 0 bridgehead atoms. The van der Waals surface area contributed by atoms with Crippen molar-refractivity contribution in [2.24, 2.45) is 0 Å². The second-order valence-electron chi connectivity index (χ2n) is 5.78. The molecule has 0 atom stereocenters. The molecule has 0 saturated carbocycles. The van der Waals surface area contributed by atoms with E-state index in [1.54, 1.807) is 0 Å². The lowest BCUT2D eigenvalue weighted by Gasteiger charge is -2.22. The fourth-order valence-electron chi connectivity index (χ4n) is 2.08. The van der Waals surface area contributed by atoms with E-state index in [2.05, 4.69) is 10.1 Å². The highest BCUT2D eigenvalue weighted by atomic mass is 32.2. The average Bonchev–Trinajstić information content (AvgIpc) is 2.53. The normalized spacial score (nSPS) is 11.2. The standard InChI is InChI=1S/C16H25N3O5S/c1-18(2)12-10-17-15(20)9-11-19(25(4,22)23)14-7-5-13(6-8-14)16(21)24-3/h5-8H,9-12H2,1-4H3,(H,17,20). The van der Waals surface area contributed by atoms with Gasteiger partial charge in [-0.1, -0.05) is 0 Å². The Kier molecular flexibility index (Phi) is 7.85. The van der Waals surface area contributed by atoms with E-state index in [9.17, 15) is 18.0 Å². The third-order valence-electron chi connectivity index (χ3n) is 3.40. The monoisotopic (exact) mass is 371 g/mol. The maximum absolute atomic E-state index is 12.0. The number of ether oxygens (including phenoxy) is 1. The number of hydrogen-bond donors (Lipinski definition) is 1. The van der Waals surface area contributed by atoms with Gasteiger partial charge in [-0.3, -0.25) is 9.10 Å². The molecular weight excluding hydrogens is 346 g/mol. The minimum atomic E-state index is -3.56. The highest BCUT2D eigenvalue weighted by Gasteiger charge is 2.19. The van der Waals surface area contributed by atoms with Gasteiger partial charge in [0.05, 0.1) is 24.6 Å². The smallest absolute Gasteiger partial charge is 0.337 e. The minimum Gasteiger partial charge on any atom is -0.465 e. The first-order valence-electron chi connectivity index (χ1n) is 7.72. The summed E-state index contributed by atoms with van der Waals surface area (Å²) in [6.45, 7) is 1.22. The van der Waals surface area contributed by atoms with E-state index in [-0.39, 0.29) is 18.9 Å². The van der Waals surface area contributed by atoms with Crippen LogP contribution in [0.25, 0.3) is 0 Å². The highest BCUT2D eigenvalue weighted by Crippen LogP contribution is 2.19. The molecule has 1 aromatic carbocycles. The van der Waals surface area contributed by atoms with Crippen LogP contribution >= 0.6 is 0 Å². The lowest BCUT2D eigenvalue weighted by molar-refractivity contribution is -0.120. The molecule has 0 fully saturated rings. The van der Waals surface area contributed by atoms with Crippen molar-refractivity contribution in [3.05, 3.63) is 29.8 Å². The van der Waals surface area contributed by atoms with E-state index < -0.39 is 16.0 Å². The number of likely N-dealkylation sites (N-methyl/N-ethyl adjacent to an activating group) is 1. The summed E-state index contributed by atoms with van der Waals surface area (Å²) in [4.78, 5) is 25.2. The number of nitrogens with one attached hydrogen (secondary N) is 1. The number of rotatable bonds is 9. The fourth-order valence-corrected chi connectivity index (χ4v) is 3.01. The van der Waals surface area contributed by atoms with Crippen LogP contribution in [0.15, 0.2) is 24.3 Å². The summed E-state index contributed by atoms with van der Waals surface area (Å²) >= 11 is 0. The Labute approximate surface area is 148 Å². The van der Waals surface area contributed by atoms with Gasteiger partial charge in [0.25, 0.3) is 0 Å². The van der Waals surface area contributed by atoms with E-state index in [1.165, 1.54) is 31.4 Å². The zero-order valence-corrected chi connectivity index (χ0v) is 15.8. The summed E-state index contributed by atoms with van der Waals surface area (Å²) in [7, 11) is 1.51. The Balaban J connectivity index is 2.76. The van der Waals surface area contributed by atoms with Gasteiger partial charge in [0.1, 0.15) is 0 Å². The zero-order valence-electron chi connectivity index (χ0n) is 15.0. The maximum atomic E-state index is 12.0. The van der Waals surface area contributed by atoms with Gasteiger partial charge in [-0.25, -0.2) is 13.2 Å². The number of amides is 1. The first-order valence-corrected chi connectivity index (χ1v) is 9.57. The molecule has 1 aromatic rings. The second-order valence-corrected chi connectivity index (χ2v) is 7.68. The first kappa shape index (κ1) is 20.9. The lowest BCUT2D eigenvalue weighted by atomic mass is 10.2. The Morgan fingerprint density at radius 1 is 1.12 bits per heavy atom. The van der Waals surface area contributed by atoms with Crippen molar-refractivity contribution in [3.63, 3.8) is 0 Å². The molecule has 25 heavy (non-hydrogen) atoms. The van der Waals surface area contributed by atoms with Gasteiger partial charge in [-0.15, -0.1) is 0 Å². The number of carbonyl (C=O) groups is 2. The summed E-state index contributed by atoms with van der Waals surface area (Å²) in [5.41, 5.74) is 0.706. The molecule has 0 radical (unpaired) electrons. The van der Waals surface area contributed by atoms with Crippen LogP contribution in [-0.4, -0.2) is 72.3 Å². The second kappa shape index (κ2) is 9.38. The molecule has 1 rings (SSSR count). The van der Waals surface area contributed by atoms with Gasteiger partial charge in [0, 0.05) is 26.1 Å². The van der Waals surface area contributed by atoms with Crippen LogP contribution in [0, 0.1) is 0 Å². The minimum absolute atomic E-state index is 0.0181. The van der Waals surface area contributed by atoms with Crippen molar-refractivity contribution in [1.29, 1.82) is 0 Å². The van der Waals surface area contributed by atoms with Crippen LogP contribution in [0.4, 0.5) is 5.69 Å². The SMILES string of the molecule is COC(=O)c1ccc(N(CCC(=O)NCCN(C)C)S(C)(=O)=O)cc1. The van der Waals surface area contributed by atoms with E-state index >= 15 is 0 Å². The predicted octanol–water partition coefficient (Wildman–Crippen LogP) is 0.307. The molecule has 0 heterocycles. The topological polar surface area (TPSA) is 96.0 Å². The molecule has 9 heteroatoms. The molecule has 1 amide bonds. The van der Waals surface area contributed by atoms with E-state index in [0.717, 1.165) is 10.6 Å². The van der Waals surface area contributed by atoms with Crippen molar-refractivity contribution in [3.8, 4) is 0 Å². The number of benzene rings is 1. The van der Waals surface area contributed by atoms with Crippen molar-refractivity contribution in [1.82, 2.24) is 10.2 Å². The molecule has 0 saturated heterocycles. The molecule has 8 nitrogen and oxygen atoms in total. The van der Waals surface area contributed by atoms with Gasteiger partial charge in [-0.05, 0) is 38.4 Å². The molecule has 0 aliphatic rings. The maximum Gasteiger partial charge on any atom is 0.337 e.